The first-order valence-electron chi connectivity index (χ1n) is 10.8. The summed E-state index contributed by atoms with van der Waals surface area (Å²) < 4.78 is 10.6. The van der Waals surface area contributed by atoms with Crippen LogP contribution in [0.25, 0.3) is 0 Å². The van der Waals surface area contributed by atoms with E-state index in [0.29, 0.717) is 36.2 Å². The fourth-order valence-corrected chi connectivity index (χ4v) is 5.22. The Morgan fingerprint density at radius 3 is 2.55 bits per heavy atom. The number of likely N-dealkylation sites (tertiary alicyclic amines) is 1. The number of aliphatic hydroxyl groups excluding tert-OH is 1. The summed E-state index contributed by atoms with van der Waals surface area (Å²) in [7, 11) is 3.21. The topological polar surface area (TPSA) is 74.3 Å². The van der Waals surface area contributed by atoms with Gasteiger partial charge in [0.15, 0.2) is 11.5 Å². The Morgan fingerprint density at radius 2 is 1.83 bits per heavy atom. The first-order chi connectivity index (χ1) is 14.1. The third kappa shape index (κ3) is 4.16. The first-order valence-corrected chi connectivity index (χ1v) is 10.8. The number of carbonyl (C=O) groups excluding carboxylic acids is 1. The van der Waals surface area contributed by atoms with Gasteiger partial charge in [-0.3, -0.25) is 0 Å². The average molecular weight is 404 g/mol. The maximum absolute atomic E-state index is 12.5. The molecule has 3 aliphatic rings. The Kier molecular flexibility index (Phi) is 6.15. The maximum atomic E-state index is 12.5. The number of fused-ring (bicyclic) bond motifs is 1. The minimum Gasteiger partial charge on any atom is -0.493 e. The zero-order valence-corrected chi connectivity index (χ0v) is 17.5. The molecule has 1 aromatic carbocycles. The van der Waals surface area contributed by atoms with Gasteiger partial charge in [0.1, 0.15) is 0 Å². The fraction of sp³-hybridized carbons (Fsp3) is 0.682. The van der Waals surface area contributed by atoms with Crippen LogP contribution in [0.2, 0.25) is 0 Å². The molecule has 7 heteroatoms. The van der Waals surface area contributed by atoms with Crippen LogP contribution in [0.4, 0.5) is 4.79 Å². The van der Waals surface area contributed by atoms with Gasteiger partial charge < -0.3 is 29.7 Å². The molecular formula is C22H33N3O4. The van der Waals surface area contributed by atoms with Gasteiger partial charge in [-0.05, 0) is 43.4 Å². The number of nitrogens with zero attached hydrogens (tertiary/aromatic N) is 2. The summed E-state index contributed by atoms with van der Waals surface area (Å²) in [6, 6.07) is 6.73. The van der Waals surface area contributed by atoms with E-state index in [4.69, 9.17) is 9.47 Å². The van der Waals surface area contributed by atoms with Crippen LogP contribution in [0, 0.1) is 0 Å². The molecule has 0 spiro atoms. The fourth-order valence-electron chi connectivity index (χ4n) is 5.22. The summed E-state index contributed by atoms with van der Waals surface area (Å²) in [5.41, 5.74) is 0.828. The first kappa shape index (κ1) is 20.3. The van der Waals surface area contributed by atoms with Crippen LogP contribution in [-0.2, 0) is 0 Å². The molecule has 2 N–H and O–H groups in total. The monoisotopic (exact) mass is 403 g/mol. The molecule has 1 saturated carbocycles. The second-order valence-electron chi connectivity index (χ2n) is 8.48. The van der Waals surface area contributed by atoms with E-state index in [-0.39, 0.29) is 6.03 Å². The quantitative estimate of drug-likeness (QED) is 0.764. The average Bonchev–Trinajstić information content (AvgIpc) is 3.09. The predicted molar refractivity (Wildman–Crippen MR) is 110 cm³/mol. The molecule has 2 aliphatic heterocycles. The summed E-state index contributed by atoms with van der Waals surface area (Å²) in [5.74, 6) is 1.29. The highest BCUT2D eigenvalue weighted by Crippen LogP contribution is 2.33. The Balaban J connectivity index is 1.32. The summed E-state index contributed by atoms with van der Waals surface area (Å²) in [6.45, 7) is 2.38. The van der Waals surface area contributed by atoms with Crippen molar-refractivity contribution in [1.82, 2.24) is 15.1 Å². The van der Waals surface area contributed by atoms with Gasteiger partial charge in [0.25, 0.3) is 0 Å². The summed E-state index contributed by atoms with van der Waals surface area (Å²) >= 11 is 0. The number of urea groups is 1. The molecule has 1 aliphatic carbocycles. The van der Waals surface area contributed by atoms with Gasteiger partial charge in [-0.15, -0.1) is 0 Å². The lowest BCUT2D eigenvalue weighted by atomic mass is 9.89. The molecule has 0 bridgehead atoms. The van der Waals surface area contributed by atoms with Crippen molar-refractivity contribution in [3.05, 3.63) is 23.8 Å². The van der Waals surface area contributed by atoms with Crippen molar-refractivity contribution in [3.8, 4) is 11.5 Å². The highest BCUT2D eigenvalue weighted by molar-refractivity contribution is 5.78. The minimum atomic E-state index is -0.579. The summed E-state index contributed by atoms with van der Waals surface area (Å²) in [5, 5.41) is 13.9. The number of amides is 2. The number of aliphatic hydroxyl groups is 1. The van der Waals surface area contributed by atoms with Crippen molar-refractivity contribution in [3.63, 3.8) is 0 Å². The van der Waals surface area contributed by atoms with Gasteiger partial charge >= 0.3 is 6.03 Å². The van der Waals surface area contributed by atoms with Gasteiger partial charge in [-0.25, -0.2) is 4.79 Å². The zero-order chi connectivity index (χ0) is 20.4. The molecule has 29 heavy (non-hydrogen) atoms. The molecular weight excluding hydrogens is 370 g/mol. The number of β-amino-alcohol motifs (C(OH)–C–C–N with tert-alkyl or cyclic N) is 1. The summed E-state index contributed by atoms with van der Waals surface area (Å²) in [6.07, 6.45) is 6.05. The van der Waals surface area contributed by atoms with Gasteiger partial charge in [-0.1, -0.05) is 18.9 Å². The Bertz CT molecular complexity index is 720. The van der Waals surface area contributed by atoms with E-state index in [9.17, 15) is 9.90 Å². The third-order valence-corrected chi connectivity index (χ3v) is 6.80. The van der Waals surface area contributed by atoms with Crippen molar-refractivity contribution >= 4 is 6.03 Å². The third-order valence-electron chi connectivity index (χ3n) is 6.80. The number of hydrogen-bond acceptors (Lipinski definition) is 5. The Morgan fingerprint density at radius 1 is 1.10 bits per heavy atom. The molecule has 2 saturated heterocycles. The van der Waals surface area contributed by atoms with Crippen LogP contribution in [-0.4, -0.2) is 72.9 Å². The Labute approximate surface area is 173 Å². The molecule has 3 unspecified atom stereocenters. The smallest absolute Gasteiger partial charge is 0.318 e. The van der Waals surface area contributed by atoms with E-state index in [0.717, 1.165) is 44.3 Å². The molecule has 2 amide bonds. The second kappa shape index (κ2) is 8.79. The van der Waals surface area contributed by atoms with E-state index in [2.05, 4.69) is 15.1 Å². The molecule has 0 radical (unpaired) electrons. The second-order valence-corrected chi connectivity index (χ2v) is 8.48. The zero-order valence-electron chi connectivity index (χ0n) is 17.5. The lowest BCUT2D eigenvalue weighted by Gasteiger charge is -2.40. The van der Waals surface area contributed by atoms with Crippen molar-refractivity contribution in [1.29, 1.82) is 0 Å². The van der Waals surface area contributed by atoms with Crippen LogP contribution in [0.15, 0.2) is 18.2 Å². The van der Waals surface area contributed by atoms with Crippen molar-refractivity contribution in [2.75, 3.05) is 33.9 Å². The van der Waals surface area contributed by atoms with E-state index < -0.39 is 6.10 Å². The Hall–Kier alpha value is -1.99. The van der Waals surface area contributed by atoms with Crippen LogP contribution < -0.4 is 14.8 Å². The number of carbonyl (C=O) groups is 1. The van der Waals surface area contributed by atoms with Crippen LogP contribution in [0.1, 0.15) is 50.2 Å². The normalized spacial score (nSPS) is 26.7. The molecule has 3 fully saturated rings. The lowest BCUT2D eigenvalue weighted by molar-refractivity contribution is 0.0668. The van der Waals surface area contributed by atoms with Crippen LogP contribution >= 0.6 is 0 Å². The number of hydrogen-bond donors (Lipinski definition) is 2. The number of nitrogens with one attached hydrogen (secondary N) is 1. The van der Waals surface area contributed by atoms with Gasteiger partial charge in [-0.2, -0.15) is 0 Å². The minimum absolute atomic E-state index is 0.130. The molecule has 1 aromatic rings. The maximum Gasteiger partial charge on any atom is 0.318 e. The molecule has 2 heterocycles. The van der Waals surface area contributed by atoms with Crippen LogP contribution in [0.3, 0.4) is 0 Å². The van der Waals surface area contributed by atoms with Crippen LogP contribution in [0.5, 0.6) is 11.5 Å². The number of piperidine rings is 1. The highest BCUT2D eigenvalue weighted by Gasteiger charge is 2.44. The van der Waals surface area contributed by atoms with Gasteiger partial charge in [0.05, 0.1) is 32.4 Å². The van der Waals surface area contributed by atoms with Gasteiger partial charge in [0, 0.05) is 25.7 Å². The van der Waals surface area contributed by atoms with Crippen molar-refractivity contribution < 1.29 is 19.4 Å². The van der Waals surface area contributed by atoms with E-state index in [1.807, 2.05) is 18.2 Å². The lowest BCUT2D eigenvalue weighted by Crippen LogP contribution is -2.50. The van der Waals surface area contributed by atoms with Gasteiger partial charge in [0.2, 0.25) is 0 Å². The molecule has 7 nitrogen and oxygen atoms in total. The molecule has 3 atom stereocenters. The number of methoxy groups -OCH3 is 2. The summed E-state index contributed by atoms with van der Waals surface area (Å²) in [4.78, 5) is 17.0. The van der Waals surface area contributed by atoms with Crippen molar-refractivity contribution in [2.24, 2.45) is 0 Å². The van der Waals surface area contributed by atoms with E-state index >= 15 is 0 Å². The van der Waals surface area contributed by atoms with E-state index in [1.54, 1.807) is 14.2 Å². The number of benzene rings is 1. The largest absolute Gasteiger partial charge is 0.493 e. The molecule has 0 aromatic heterocycles. The molecule has 4 rings (SSSR count). The molecule has 160 valence electrons. The SMILES string of the molecule is COc1ccc(C(O)CN2CCC(N3C(=O)NC4CCCCC43)CC2)cc1OC. The predicted octanol–water partition coefficient (Wildman–Crippen LogP) is 2.54. The number of ether oxygens (including phenoxy) is 2. The standard InChI is InChI=1S/C22H33N3O4/c1-28-20-8-7-15(13-21(20)29-2)19(26)14-24-11-9-16(10-12-24)25-18-6-4-3-5-17(18)23-22(25)27/h7-8,13,16-19,26H,3-6,9-12,14H2,1-2H3,(H,23,27). The van der Waals surface area contributed by atoms with Crippen molar-refractivity contribution in [2.45, 2.75) is 62.8 Å². The van der Waals surface area contributed by atoms with E-state index in [1.165, 1.54) is 12.8 Å². The number of rotatable bonds is 6. The highest BCUT2D eigenvalue weighted by atomic mass is 16.5.